The maximum atomic E-state index is 2.44. The summed E-state index contributed by atoms with van der Waals surface area (Å²) >= 11 is 1.88. The monoisotopic (exact) mass is 779 g/mol. The van der Waals surface area contributed by atoms with E-state index >= 15 is 0 Å². The second-order valence-electron chi connectivity index (χ2n) is 15.7. The summed E-state index contributed by atoms with van der Waals surface area (Å²) in [6.07, 6.45) is 0. The average Bonchev–Trinajstić information content (AvgIpc) is 3.71. The van der Waals surface area contributed by atoms with Gasteiger partial charge in [0.2, 0.25) is 0 Å². The summed E-state index contributed by atoms with van der Waals surface area (Å²) in [4.78, 5) is 2.44. The molecule has 0 aliphatic rings. The molecule has 0 fully saturated rings. The van der Waals surface area contributed by atoms with Crippen molar-refractivity contribution in [1.29, 1.82) is 0 Å². The van der Waals surface area contributed by atoms with Crippen molar-refractivity contribution in [3.8, 4) is 33.4 Å². The lowest BCUT2D eigenvalue weighted by Gasteiger charge is -2.26. The maximum absolute atomic E-state index is 2.44. The second kappa shape index (κ2) is 14.1. The van der Waals surface area contributed by atoms with Crippen molar-refractivity contribution in [2.75, 3.05) is 4.90 Å². The zero-order valence-corrected chi connectivity index (χ0v) is 33.5. The molecular weight excluding hydrogens is 743 g/mol. The van der Waals surface area contributed by atoms with Gasteiger partial charge in [-0.1, -0.05) is 176 Å². The molecule has 0 N–H and O–H groups in total. The van der Waals surface area contributed by atoms with Gasteiger partial charge >= 0.3 is 0 Å². The van der Waals surface area contributed by atoms with E-state index in [1.165, 1.54) is 102 Å². The summed E-state index contributed by atoms with van der Waals surface area (Å²) < 4.78 is 2.56. The lowest BCUT2D eigenvalue weighted by Crippen LogP contribution is -2.10. The highest BCUT2D eigenvalue weighted by Gasteiger charge is 2.19. The summed E-state index contributed by atoms with van der Waals surface area (Å²) in [6.45, 7) is 0. The van der Waals surface area contributed by atoms with Crippen LogP contribution in [-0.2, 0) is 0 Å². The summed E-state index contributed by atoms with van der Waals surface area (Å²) in [7, 11) is 0. The average molecular weight is 780 g/mol. The zero-order valence-electron chi connectivity index (χ0n) is 32.7. The Hall–Kier alpha value is -7.52. The van der Waals surface area contributed by atoms with Gasteiger partial charge in [0, 0.05) is 26.8 Å². The number of rotatable bonds is 6. The number of hydrogen-bond donors (Lipinski definition) is 0. The first-order valence-electron chi connectivity index (χ1n) is 20.6. The third-order valence-corrected chi connectivity index (χ3v) is 13.4. The molecule has 0 bridgehead atoms. The highest BCUT2D eigenvalue weighted by atomic mass is 32.1. The molecule has 0 atom stereocenters. The lowest BCUT2D eigenvalue weighted by molar-refractivity contribution is 1.30. The smallest absolute Gasteiger partial charge is 0.0640 e. The van der Waals surface area contributed by atoms with E-state index in [4.69, 9.17) is 0 Å². The number of anilines is 3. The number of fused-ring (bicyclic) bond motifs is 9. The number of benzene rings is 11. The Morgan fingerprint density at radius 3 is 1.58 bits per heavy atom. The van der Waals surface area contributed by atoms with Crippen LogP contribution in [0.2, 0.25) is 0 Å². The number of hydrogen-bond acceptors (Lipinski definition) is 2. The van der Waals surface area contributed by atoms with Gasteiger partial charge in [-0.25, -0.2) is 0 Å². The molecule has 2 heteroatoms. The molecule has 1 nitrogen and oxygen atoms in total. The van der Waals surface area contributed by atoms with E-state index in [-0.39, 0.29) is 0 Å². The van der Waals surface area contributed by atoms with Gasteiger partial charge in [0.15, 0.2) is 0 Å². The van der Waals surface area contributed by atoms with E-state index in [9.17, 15) is 0 Å². The van der Waals surface area contributed by atoms with Crippen molar-refractivity contribution < 1.29 is 0 Å². The van der Waals surface area contributed by atoms with Crippen LogP contribution in [0.25, 0.3) is 96.6 Å². The quantitative estimate of drug-likeness (QED) is 0.152. The molecule has 0 saturated carbocycles. The normalized spacial score (nSPS) is 11.7. The predicted octanol–water partition coefficient (Wildman–Crippen LogP) is 17.1. The van der Waals surface area contributed by atoms with Crippen LogP contribution in [-0.4, -0.2) is 0 Å². The van der Waals surface area contributed by atoms with Crippen molar-refractivity contribution >= 4 is 91.7 Å². The first-order chi connectivity index (χ1) is 29.7. The predicted molar refractivity (Wildman–Crippen MR) is 260 cm³/mol. The van der Waals surface area contributed by atoms with Crippen molar-refractivity contribution in [1.82, 2.24) is 0 Å². The lowest BCUT2D eigenvalue weighted by atomic mass is 9.93. The van der Waals surface area contributed by atoms with Gasteiger partial charge in [-0.3, -0.25) is 0 Å². The fourth-order valence-corrected chi connectivity index (χ4v) is 10.5. The van der Waals surface area contributed by atoms with E-state index in [1.807, 2.05) is 11.3 Å². The van der Waals surface area contributed by atoms with Gasteiger partial charge in [0.25, 0.3) is 0 Å². The van der Waals surface area contributed by atoms with Gasteiger partial charge in [-0.05, 0) is 125 Å². The summed E-state index contributed by atoms with van der Waals surface area (Å²) in [5.74, 6) is 0. The molecule has 0 saturated heterocycles. The molecule has 280 valence electrons. The van der Waals surface area contributed by atoms with Crippen LogP contribution in [0.5, 0.6) is 0 Å². The molecule has 0 aliphatic carbocycles. The van der Waals surface area contributed by atoms with E-state index in [0.29, 0.717) is 0 Å². The van der Waals surface area contributed by atoms with E-state index in [2.05, 4.69) is 229 Å². The van der Waals surface area contributed by atoms with Crippen molar-refractivity contribution in [3.05, 3.63) is 224 Å². The van der Waals surface area contributed by atoms with Crippen LogP contribution in [0, 0.1) is 0 Å². The molecule has 60 heavy (non-hydrogen) atoms. The Balaban J connectivity index is 1.00. The van der Waals surface area contributed by atoms with Crippen LogP contribution in [0.15, 0.2) is 224 Å². The number of nitrogens with zero attached hydrogens (tertiary/aromatic N) is 1. The minimum atomic E-state index is 1.11. The van der Waals surface area contributed by atoms with Gasteiger partial charge in [-0.2, -0.15) is 0 Å². The van der Waals surface area contributed by atoms with Crippen molar-refractivity contribution in [2.45, 2.75) is 0 Å². The van der Waals surface area contributed by atoms with Crippen molar-refractivity contribution in [3.63, 3.8) is 0 Å². The fraction of sp³-hybridized carbons (Fsp3) is 0. The zero-order chi connectivity index (χ0) is 39.6. The van der Waals surface area contributed by atoms with Gasteiger partial charge in [-0.15, -0.1) is 11.3 Å². The molecule has 1 heterocycles. The SMILES string of the molecule is c1ccc(-c2ccc3c(c2)sc2c(N(c4ccc(-c5ccc6ccc7ccccc7c6c5)cc4)c4ccc(-c5cc6ccccc6c6ccccc56)cc4)cccc23)cc1. The molecule has 11 aromatic carbocycles. The first kappa shape index (κ1) is 34.5. The molecule has 0 amide bonds. The van der Waals surface area contributed by atoms with Crippen LogP contribution in [0.4, 0.5) is 17.1 Å². The Bertz CT molecular complexity index is 3580. The third-order valence-electron chi connectivity index (χ3n) is 12.2. The topological polar surface area (TPSA) is 3.24 Å². The fourth-order valence-electron chi connectivity index (χ4n) is 9.26. The maximum Gasteiger partial charge on any atom is 0.0640 e. The molecular formula is C58H37NS. The highest BCUT2D eigenvalue weighted by molar-refractivity contribution is 7.26. The molecule has 0 aliphatic heterocycles. The van der Waals surface area contributed by atoms with Crippen molar-refractivity contribution in [2.24, 2.45) is 0 Å². The first-order valence-corrected chi connectivity index (χ1v) is 21.4. The Labute approximate surface area is 352 Å². The Kier molecular flexibility index (Phi) is 8.11. The van der Waals surface area contributed by atoms with E-state index in [1.54, 1.807) is 0 Å². The molecule has 0 unspecified atom stereocenters. The Morgan fingerprint density at radius 2 is 0.817 bits per heavy atom. The van der Waals surface area contributed by atoms with Crippen LogP contribution in [0.3, 0.4) is 0 Å². The van der Waals surface area contributed by atoms with E-state index < -0.39 is 0 Å². The summed E-state index contributed by atoms with van der Waals surface area (Å²) in [5, 5.41) is 12.7. The molecule has 0 radical (unpaired) electrons. The standard InChI is InChI=1S/C58H37NS/c1-2-11-38(12-3-1)44-29-34-52-53-19-10-20-56(58(53)60-57(52)37-44)59(46-30-25-39(26-31-46)43-24-23-41-22-21-40-13-4-6-15-48(40)54(41)35-43)47-32-27-42(28-33-47)55-36-45-14-5-7-16-49(45)50-17-8-9-18-51(50)55/h1-37H. The second-order valence-corrected chi connectivity index (χ2v) is 16.7. The minimum absolute atomic E-state index is 1.11. The summed E-state index contributed by atoms with van der Waals surface area (Å²) in [6, 6.07) is 82.5. The summed E-state index contributed by atoms with van der Waals surface area (Å²) in [5.41, 5.74) is 10.7. The van der Waals surface area contributed by atoms with Crippen LogP contribution in [0.1, 0.15) is 0 Å². The molecule has 12 aromatic rings. The molecule has 12 rings (SSSR count). The molecule has 1 aromatic heterocycles. The number of thiophene rings is 1. The van der Waals surface area contributed by atoms with Crippen LogP contribution < -0.4 is 4.90 Å². The third kappa shape index (κ3) is 5.76. The minimum Gasteiger partial charge on any atom is -0.309 e. The highest BCUT2D eigenvalue weighted by Crippen LogP contribution is 2.46. The van der Waals surface area contributed by atoms with Gasteiger partial charge < -0.3 is 4.90 Å². The van der Waals surface area contributed by atoms with Crippen LogP contribution >= 0.6 is 11.3 Å². The molecule has 0 spiro atoms. The van der Waals surface area contributed by atoms with Gasteiger partial charge in [0.1, 0.15) is 0 Å². The van der Waals surface area contributed by atoms with Gasteiger partial charge in [0.05, 0.1) is 10.4 Å². The Morgan fingerprint density at radius 1 is 0.283 bits per heavy atom. The largest absolute Gasteiger partial charge is 0.309 e. The van der Waals surface area contributed by atoms with E-state index in [0.717, 1.165) is 11.4 Å².